The molecular weight excluding hydrogens is 172 g/mol. The molecule has 2 aliphatic rings. The van der Waals surface area contributed by atoms with Crippen molar-refractivity contribution in [2.24, 2.45) is 11.8 Å². The van der Waals surface area contributed by atoms with Gasteiger partial charge < -0.3 is 14.2 Å². The molecule has 1 saturated carbocycles. The number of carbonyl (C=O) groups is 1. The molecule has 2 atom stereocenters. The summed E-state index contributed by atoms with van der Waals surface area (Å²) in [4.78, 5) is 11.4. The number of hydrogen-bond acceptors (Lipinski definition) is 4. The number of carbonyl (C=O) groups excluding carboxylic acids is 1. The Morgan fingerprint density at radius 3 is 2.54 bits per heavy atom. The normalized spacial score (nSPS) is 35.8. The van der Waals surface area contributed by atoms with Gasteiger partial charge in [-0.1, -0.05) is 6.92 Å². The lowest BCUT2D eigenvalue weighted by Crippen LogP contribution is -2.57. The maximum Gasteiger partial charge on any atom is 0.314 e. The van der Waals surface area contributed by atoms with Crippen molar-refractivity contribution in [3.8, 4) is 0 Å². The summed E-state index contributed by atoms with van der Waals surface area (Å²) in [6.07, 6.45) is 0.798. The van der Waals surface area contributed by atoms with Gasteiger partial charge in [0.2, 0.25) is 0 Å². The van der Waals surface area contributed by atoms with Gasteiger partial charge in [-0.05, 0) is 5.92 Å². The molecule has 0 bridgehead atoms. The van der Waals surface area contributed by atoms with Crippen LogP contribution in [0, 0.1) is 11.8 Å². The third-order valence-corrected chi connectivity index (χ3v) is 2.88. The van der Waals surface area contributed by atoms with Gasteiger partial charge in [0.1, 0.15) is 5.92 Å². The van der Waals surface area contributed by atoms with Gasteiger partial charge in [-0.25, -0.2) is 0 Å². The molecule has 13 heavy (non-hydrogen) atoms. The maximum atomic E-state index is 11.4. The van der Waals surface area contributed by atoms with E-state index in [0.717, 1.165) is 6.42 Å². The fourth-order valence-corrected chi connectivity index (χ4v) is 2.27. The highest BCUT2D eigenvalue weighted by Gasteiger charge is 2.60. The minimum Gasteiger partial charge on any atom is -0.469 e. The molecule has 1 saturated heterocycles. The molecule has 0 amide bonds. The van der Waals surface area contributed by atoms with Crippen molar-refractivity contribution in [3.05, 3.63) is 0 Å². The van der Waals surface area contributed by atoms with E-state index in [1.165, 1.54) is 7.11 Å². The molecule has 0 unspecified atom stereocenters. The summed E-state index contributed by atoms with van der Waals surface area (Å²) in [5.41, 5.74) is 0. The Labute approximate surface area is 77.1 Å². The van der Waals surface area contributed by atoms with Gasteiger partial charge >= 0.3 is 5.97 Å². The zero-order valence-corrected chi connectivity index (χ0v) is 7.91. The van der Waals surface area contributed by atoms with E-state index in [1.54, 1.807) is 0 Å². The summed E-state index contributed by atoms with van der Waals surface area (Å²) in [5, 5.41) is 0. The van der Waals surface area contributed by atoms with Crippen LogP contribution in [0.2, 0.25) is 0 Å². The second-order valence-corrected chi connectivity index (χ2v) is 3.69. The van der Waals surface area contributed by atoms with Gasteiger partial charge in [0.25, 0.3) is 0 Å². The van der Waals surface area contributed by atoms with Crippen LogP contribution in [-0.2, 0) is 19.0 Å². The monoisotopic (exact) mass is 186 g/mol. The largest absolute Gasteiger partial charge is 0.469 e. The van der Waals surface area contributed by atoms with E-state index in [-0.39, 0.29) is 11.9 Å². The standard InChI is InChI=1S/C9H14O4/c1-6-5-9(12-3-4-13-9)7(6)8(10)11-2/h6-7H,3-5H2,1-2H3/t6-,7-/m0/s1. The van der Waals surface area contributed by atoms with Crippen molar-refractivity contribution in [1.82, 2.24) is 0 Å². The van der Waals surface area contributed by atoms with E-state index in [1.807, 2.05) is 6.92 Å². The first-order chi connectivity index (χ1) is 6.19. The van der Waals surface area contributed by atoms with E-state index >= 15 is 0 Å². The van der Waals surface area contributed by atoms with Crippen molar-refractivity contribution < 1.29 is 19.0 Å². The van der Waals surface area contributed by atoms with E-state index < -0.39 is 5.79 Å². The van der Waals surface area contributed by atoms with Crippen LogP contribution in [0.5, 0.6) is 0 Å². The van der Waals surface area contributed by atoms with Crippen LogP contribution in [-0.4, -0.2) is 32.1 Å². The van der Waals surface area contributed by atoms with Crippen molar-refractivity contribution >= 4 is 5.97 Å². The molecule has 2 fully saturated rings. The number of hydrogen-bond donors (Lipinski definition) is 0. The third kappa shape index (κ3) is 1.16. The summed E-state index contributed by atoms with van der Waals surface area (Å²) >= 11 is 0. The Hall–Kier alpha value is -0.610. The van der Waals surface area contributed by atoms with E-state index in [4.69, 9.17) is 14.2 Å². The zero-order valence-electron chi connectivity index (χ0n) is 7.91. The van der Waals surface area contributed by atoms with Gasteiger partial charge in [0, 0.05) is 6.42 Å². The van der Waals surface area contributed by atoms with Gasteiger partial charge in [-0.2, -0.15) is 0 Å². The highest BCUT2D eigenvalue weighted by atomic mass is 16.7. The number of esters is 1. The highest BCUT2D eigenvalue weighted by Crippen LogP contribution is 2.49. The van der Waals surface area contributed by atoms with Crippen LogP contribution >= 0.6 is 0 Å². The molecule has 1 spiro atoms. The van der Waals surface area contributed by atoms with E-state index in [0.29, 0.717) is 19.1 Å². The molecule has 0 radical (unpaired) electrons. The van der Waals surface area contributed by atoms with Gasteiger partial charge in [-0.15, -0.1) is 0 Å². The first-order valence-electron chi connectivity index (χ1n) is 4.55. The predicted octanol–water partition coefficient (Wildman–Crippen LogP) is 0.558. The molecule has 4 nitrogen and oxygen atoms in total. The van der Waals surface area contributed by atoms with Crippen LogP contribution in [0.1, 0.15) is 13.3 Å². The summed E-state index contributed by atoms with van der Waals surface area (Å²) < 4.78 is 15.6. The van der Waals surface area contributed by atoms with Crippen molar-refractivity contribution in [2.75, 3.05) is 20.3 Å². The van der Waals surface area contributed by atoms with E-state index in [9.17, 15) is 4.79 Å². The second kappa shape index (κ2) is 2.96. The molecule has 4 heteroatoms. The van der Waals surface area contributed by atoms with Crippen molar-refractivity contribution in [2.45, 2.75) is 19.1 Å². The van der Waals surface area contributed by atoms with Crippen LogP contribution in [0.4, 0.5) is 0 Å². The summed E-state index contributed by atoms with van der Waals surface area (Å²) in [6, 6.07) is 0. The zero-order chi connectivity index (χ0) is 9.47. The Morgan fingerprint density at radius 1 is 1.46 bits per heavy atom. The number of ether oxygens (including phenoxy) is 3. The van der Waals surface area contributed by atoms with Crippen molar-refractivity contribution in [1.29, 1.82) is 0 Å². The van der Waals surface area contributed by atoms with Crippen LogP contribution < -0.4 is 0 Å². The molecule has 0 aromatic rings. The predicted molar refractivity (Wildman–Crippen MR) is 43.9 cm³/mol. The Morgan fingerprint density at radius 2 is 2.08 bits per heavy atom. The fraction of sp³-hybridized carbons (Fsp3) is 0.889. The SMILES string of the molecule is COC(=O)[C@@H]1[C@@H](C)CC12OCCO2. The average Bonchev–Trinajstić information content (AvgIpc) is 2.54. The summed E-state index contributed by atoms with van der Waals surface area (Å²) in [7, 11) is 1.40. The molecule has 74 valence electrons. The molecular formula is C9H14O4. The smallest absolute Gasteiger partial charge is 0.314 e. The van der Waals surface area contributed by atoms with Crippen LogP contribution in [0.25, 0.3) is 0 Å². The minimum absolute atomic E-state index is 0.222. The Bertz CT molecular complexity index is 220. The Balaban J connectivity index is 2.10. The van der Waals surface area contributed by atoms with Gasteiger partial charge in [0.15, 0.2) is 5.79 Å². The quantitative estimate of drug-likeness (QED) is 0.561. The number of methoxy groups -OCH3 is 1. The maximum absolute atomic E-state index is 11.4. The van der Waals surface area contributed by atoms with Crippen molar-refractivity contribution in [3.63, 3.8) is 0 Å². The van der Waals surface area contributed by atoms with Crippen LogP contribution in [0.3, 0.4) is 0 Å². The van der Waals surface area contributed by atoms with Crippen LogP contribution in [0.15, 0.2) is 0 Å². The minimum atomic E-state index is -0.646. The molecule has 1 aliphatic heterocycles. The molecule has 0 N–H and O–H groups in total. The third-order valence-electron chi connectivity index (χ3n) is 2.88. The first kappa shape index (κ1) is 8.97. The lowest BCUT2D eigenvalue weighted by Gasteiger charge is -2.47. The topological polar surface area (TPSA) is 44.8 Å². The highest BCUT2D eigenvalue weighted by molar-refractivity contribution is 5.75. The second-order valence-electron chi connectivity index (χ2n) is 3.69. The summed E-state index contributed by atoms with van der Waals surface area (Å²) in [6.45, 7) is 3.18. The van der Waals surface area contributed by atoms with Gasteiger partial charge in [0.05, 0.1) is 20.3 Å². The lowest BCUT2D eigenvalue weighted by atomic mass is 9.69. The fourth-order valence-electron chi connectivity index (χ4n) is 2.27. The van der Waals surface area contributed by atoms with E-state index in [2.05, 4.69) is 0 Å². The Kier molecular flexibility index (Phi) is 2.04. The molecule has 1 heterocycles. The molecule has 1 aliphatic carbocycles. The first-order valence-corrected chi connectivity index (χ1v) is 4.55. The molecule has 0 aromatic carbocycles. The van der Waals surface area contributed by atoms with Gasteiger partial charge in [-0.3, -0.25) is 4.79 Å². The average molecular weight is 186 g/mol. The summed E-state index contributed by atoms with van der Waals surface area (Å²) in [5.74, 6) is -0.807. The lowest BCUT2D eigenvalue weighted by molar-refractivity contribution is -0.271. The molecule has 2 rings (SSSR count). The molecule has 0 aromatic heterocycles. The number of rotatable bonds is 1.